The van der Waals surface area contributed by atoms with Gasteiger partial charge >= 0.3 is 0 Å². The van der Waals surface area contributed by atoms with Crippen LogP contribution in [0.4, 0.5) is 0 Å². The minimum Gasteiger partial charge on any atom is -0.492 e. The zero-order chi connectivity index (χ0) is 29.2. The van der Waals surface area contributed by atoms with Crippen LogP contribution < -0.4 is 4.74 Å². The number of ether oxygens (including phenoxy) is 1. The van der Waals surface area contributed by atoms with Crippen LogP contribution in [0, 0.1) is 0 Å². The smallest absolute Gasteiger partial charge is 0.290 e. The monoisotopic (exact) mass is 621 g/mol. The first-order valence-electron chi connectivity index (χ1n) is 13.7. The molecule has 12 heteroatoms. The molecule has 2 aliphatic rings. The van der Waals surface area contributed by atoms with E-state index in [2.05, 4.69) is 21.3 Å². The van der Waals surface area contributed by atoms with E-state index in [9.17, 15) is 4.79 Å². The van der Waals surface area contributed by atoms with Crippen molar-refractivity contribution in [2.75, 3.05) is 39.3 Å². The van der Waals surface area contributed by atoms with Gasteiger partial charge in [0.25, 0.3) is 6.47 Å². The molecule has 0 saturated carbocycles. The van der Waals surface area contributed by atoms with E-state index in [1.165, 1.54) is 18.4 Å². The summed E-state index contributed by atoms with van der Waals surface area (Å²) < 4.78 is 7.85. The maximum absolute atomic E-state index is 13.7. The van der Waals surface area contributed by atoms with E-state index >= 15 is 0 Å². The normalized spacial score (nSPS) is 16.6. The van der Waals surface area contributed by atoms with Gasteiger partial charge in [0.05, 0.1) is 6.20 Å². The lowest BCUT2D eigenvalue weighted by atomic mass is 9.88. The third kappa shape index (κ3) is 8.58. The highest BCUT2D eigenvalue weighted by molar-refractivity contribution is 6.35. The molecule has 1 atom stereocenters. The molecule has 5 rings (SSSR count). The number of halogens is 3. The summed E-state index contributed by atoms with van der Waals surface area (Å²) in [5, 5.41) is 16.7. The molecule has 2 saturated heterocycles. The highest BCUT2D eigenvalue weighted by Gasteiger charge is 2.32. The Hall–Kier alpha value is -2.85. The number of amides is 1. The second-order valence-electron chi connectivity index (χ2n) is 10.1. The number of carbonyl (C=O) groups is 2. The van der Waals surface area contributed by atoms with Gasteiger partial charge in [0, 0.05) is 47.3 Å². The first-order valence-corrected chi connectivity index (χ1v) is 14.8. The summed E-state index contributed by atoms with van der Waals surface area (Å²) in [5.74, 6) is 1.17. The van der Waals surface area contributed by atoms with Crippen molar-refractivity contribution in [1.29, 1.82) is 0 Å². The molecule has 2 fully saturated rings. The van der Waals surface area contributed by atoms with Gasteiger partial charge in [-0.15, -0.1) is 5.10 Å². The summed E-state index contributed by atoms with van der Waals surface area (Å²) in [4.78, 5) is 26.5. The van der Waals surface area contributed by atoms with E-state index in [0.29, 0.717) is 47.1 Å². The average Bonchev–Trinajstić information content (AvgIpc) is 3.68. The molecule has 9 nitrogen and oxygen atoms in total. The zero-order valence-electron chi connectivity index (χ0n) is 22.7. The van der Waals surface area contributed by atoms with Crippen molar-refractivity contribution >= 4 is 47.2 Å². The molecule has 1 aromatic heterocycles. The molecule has 0 bridgehead atoms. The van der Waals surface area contributed by atoms with Crippen LogP contribution in [0.1, 0.15) is 48.8 Å². The molecule has 1 unspecified atom stereocenters. The Morgan fingerprint density at radius 2 is 1.73 bits per heavy atom. The van der Waals surface area contributed by atoms with Crippen molar-refractivity contribution in [3.63, 3.8) is 0 Å². The lowest BCUT2D eigenvalue weighted by Gasteiger charge is -2.35. The number of hydrogen-bond donors (Lipinski definition) is 1. The molecule has 41 heavy (non-hydrogen) atoms. The SMILES string of the molecule is O=C(C(Cc1ccc(Cl)cc1Cl)n1ccnn1)N1CCC(c2ccc(Cl)cc2OCCN2CCCC2)CC1.O=CO. The summed E-state index contributed by atoms with van der Waals surface area (Å²) in [7, 11) is 0. The molecule has 1 N–H and O–H groups in total. The second-order valence-corrected chi connectivity index (χ2v) is 11.4. The Kier molecular flexibility index (Phi) is 11.7. The molecule has 0 aliphatic carbocycles. The third-order valence-corrected chi connectivity index (χ3v) is 8.38. The molecule has 3 heterocycles. The first kappa shape index (κ1) is 31.1. The lowest BCUT2D eigenvalue weighted by Crippen LogP contribution is -2.43. The predicted molar refractivity (Wildman–Crippen MR) is 159 cm³/mol. The maximum Gasteiger partial charge on any atom is 0.290 e. The van der Waals surface area contributed by atoms with Crippen LogP contribution in [0.3, 0.4) is 0 Å². The van der Waals surface area contributed by atoms with Crippen molar-refractivity contribution in [3.05, 3.63) is 75.0 Å². The van der Waals surface area contributed by atoms with Gasteiger partial charge in [0.15, 0.2) is 0 Å². The Morgan fingerprint density at radius 1 is 1.05 bits per heavy atom. The van der Waals surface area contributed by atoms with Crippen LogP contribution in [-0.2, 0) is 16.0 Å². The van der Waals surface area contributed by atoms with Crippen LogP contribution in [0.15, 0.2) is 48.8 Å². The number of benzene rings is 2. The fourth-order valence-corrected chi connectivity index (χ4v) is 6.10. The molecule has 1 amide bonds. The molecule has 220 valence electrons. The summed E-state index contributed by atoms with van der Waals surface area (Å²) in [6.45, 7) is 4.94. The third-order valence-electron chi connectivity index (χ3n) is 7.56. The molecule has 0 spiro atoms. The van der Waals surface area contributed by atoms with Gasteiger partial charge < -0.3 is 14.7 Å². The molecular formula is C29H34Cl3N5O4. The number of piperidine rings is 1. The van der Waals surface area contributed by atoms with Crippen molar-refractivity contribution in [2.24, 2.45) is 0 Å². The van der Waals surface area contributed by atoms with Crippen LogP contribution in [0.25, 0.3) is 0 Å². The first-order chi connectivity index (χ1) is 19.9. The predicted octanol–water partition coefficient (Wildman–Crippen LogP) is 5.60. The quantitative estimate of drug-likeness (QED) is 0.310. The van der Waals surface area contributed by atoms with Crippen molar-refractivity contribution < 1.29 is 19.4 Å². The minimum atomic E-state index is -0.535. The summed E-state index contributed by atoms with van der Waals surface area (Å²) in [6.07, 6.45) is 7.95. The van der Waals surface area contributed by atoms with E-state index < -0.39 is 6.04 Å². The van der Waals surface area contributed by atoms with Crippen molar-refractivity contribution in [2.45, 2.75) is 44.1 Å². The fraction of sp³-hybridized carbons (Fsp3) is 0.448. The molecule has 0 radical (unpaired) electrons. The van der Waals surface area contributed by atoms with Crippen molar-refractivity contribution in [3.8, 4) is 5.75 Å². The second kappa shape index (κ2) is 15.4. The number of likely N-dealkylation sites (tertiary alicyclic amines) is 2. The number of aromatic nitrogens is 3. The Labute approximate surface area is 254 Å². The standard InChI is InChI=1S/C28H32Cl3N5O2.CH2O2/c29-22-4-3-21(25(31)18-22)17-26(36-14-9-32-33-36)28(37)35-12-7-20(8-13-35)24-6-5-23(30)19-27(24)38-16-15-34-10-1-2-11-34;2-1-3/h3-6,9,14,18-20,26H,1-2,7-8,10-13,15-17H2;1H,(H,2,3). The summed E-state index contributed by atoms with van der Waals surface area (Å²) >= 11 is 18.8. The maximum atomic E-state index is 13.7. The highest BCUT2D eigenvalue weighted by atomic mass is 35.5. The van der Waals surface area contributed by atoms with Gasteiger partial charge in [-0.25, -0.2) is 4.68 Å². The van der Waals surface area contributed by atoms with E-state index in [0.717, 1.165) is 43.8 Å². The van der Waals surface area contributed by atoms with E-state index in [-0.39, 0.29) is 12.4 Å². The number of carboxylic acid groups (broad SMARTS) is 1. The molecular weight excluding hydrogens is 589 g/mol. The number of nitrogens with zero attached hydrogens (tertiary/aromatic N) is 5. The lowest BCUT2D eigenvalue weighted by molar-refractivity contribution is -0.136. The summed E-state index contributed by atoms with van der Waals surface area (Å²) in [5.41, 5.74) is 2.01. The van der Waals surface area contributed by atoms with Crippen LogP contribution in [-0.4, -0.2) is 81.6 Å². The van der Waals surface area contributed by atoms with Gasteiger partial charge in [-0.3, -0.25) is 14.5 Å². The van der Waals surface area contributed by atoms with Gasteiger partial charge in [0.1, 0.15) is 18.4 Å². The van der Waals surface area contributed by atoms with Gasteiger partial charge in [0.2, 0.25) is 5.91 Å². The van der Waals surface area contributed by atoms with Crippen molar-refractivity contribution in [1.82, 2.24) is 24.8 Å². The number of carbonyl (C=O) groups excluding carboxylic acids is 1. The number of rotatable bonds is 9. The molecule has 2 aromatic carbocycles. The highest BCUT2D eigenvalue weighted by Crippen LogP contribution is 2.37. The molecule has 3 aromatic rings. The van der Waals surface area contributed by atoms with Crippen LogP contribution in [0.5, 0.6) is 5.75 Å². The topological polar surface area (TPSA) is 101 Å². The van der Waals surface area contributed by atoms with E-state index in [1.807, 2.05) is 23.1 Å². The molecule has 2 aliphatic heterocycles. The van der Waals surface area contributed by atoms with Crippen LogP contribution in [0.2, 0.25) is 15.1 Å². The summed E-state index contributed by atoms with van der Waals surface area (Å²) in [6, 6.07) is 10.7. The van der Waals surface area contributed by atoms with Gasteiger partial charge in [-0.2, -0.15) is 0 Å². The minimum absolute atomic E-state index is 0.0122. The fourth-order valence-electron chi connectivity index (χ4n) is 5.46. The Morgan fingerprint density at radius 3 is 2.39 bits per heavy atom. The average molecular weight is 623 g/mol. The Balaban J connectivity index is 0.00000124. The Bertz CT molecular complexity index is 1280. The van der Waals surface area contributed by atoms with E-state index in [1.54, 1.807) is 29.2 Å². The number of hydrogen-bond acceptors (Lipinski definition) is 6. The van der Waals surface area contributed by atoms with Gasteiger partial charge in [-0.05, 0) is 80.1 Å². The largest absolute Gasteiger partial charge is 0.492 e. The zero-order valence-corrected chi connectivity index (χ0v) is 24.9. The van der Waals surface area contributed by atoms with E-state index in [4.69, 9.17) is 49.4 Å². The van der Waals surface area contributed by atoms with Crippen LogP contribution >= 0.6 is 34.8 Å². The van der Waals surface area contributed by atoms with Gasteiger partial charge in [-0.1, -0.05) is 52.1 Å².